The second-order valence-electron chi connectivity index (χ2n) is 5.81. The Morgan fingerprint density at radius 1 is 1.26 bits per heavy atom. The lowest BCUT2D eigenvalue weighted by molar-refractivity contribution is 0.0557. The molecular weight excluding hydrogens is 244 g/mol. The highest BCUT2D eigenvalue weighted by Crippen LogP contribution is 2.42. The third-order valence-electron chi connectivity index (χ3n) is 4.06. The first kappa shape index (κ1) is 13.8. The molecule has 0 bridgehead atoms. The Morgan fingerprint density at radius 2 is 1.95 bits per heavy atom. The Kier molecular flexibility index (Phi) is 3.78. The van der Waals surface area contributed by atoms with Crippen molar-refractivity contribution < 1.29 is 18.7 Å². The molecule has 1 atom stereocenters. The molecule has 1 aromatic rings. The number of hydrogen-bond donors (Lipinski definition) is 0. The number of rotatable bonds is 3. The van der Waals surface area contributed by atoms with Crippen LogP contribution in [-0.4, -0.2) is 18.9 Å². The Balaban J connectivity index is 2.19. The zero-order valence-electron chi connectivity index (χ0n) is 11.7. The normalized spacial score (nSPS) is 21.9. The summed E-state index contributed by atoms with van der Waals surface area (Å²) in [5.41, 5.74) is -0.00640. The molecule has 0 N–H and O–H groups in total. The van der Waals surface area contributed by atoms with Crippen LogP contribution >= 0.6 is 0 Å². The van der Waals surface area contributed by atoms with Crippen LogP contribution in [0.5, 0.6) is 0 Å². The number of carbonyl (C=O) groups is 2. The molecule has 4 heteroatoms. The molecule has 19 heavy (non-hydrogen) atoms. The Labute approximate surface area is 113 Å². The summed E-state index contributed by atoms with van der Waals surface area (Å²) in [7, 11) is 1.29. The number of methoxy groups -OCH3 is 1. The van der Waals surface area contributed by atoms with Crippen molar-refractivity contribution in [1.82, 2.24) is 0 Å². The summed E-state index contributed by atoms with van der Waals surface area (Å²) in [6.45, 7) is 4.25. The molecular formula is C15H20O4. The number of ether oxygens (including phenoxy) is 1. The molecule has 0 radical (unpaired) electrons. The van der Waals surface area contributed by atoms with Crippen molar-refractivity contribution in [2.45, 2.75) is 39.5 Å². The van der Waals surface area contributed by atoms with Crippen molar-refractivity contribution in [3.05, 3.63) is 23.7 Å². The fourth-order valence-corrected chi connectivity index (χ4v) is 2.83. The van der Waals surface area contributed by atoms with Gasteiger partial charge in [0.2, 0.25) is 11.5 Å². The fraction of sp³-hybridized carbons (Fsp3) is 0.600. The molecule has 1 aliphatic carbocycles. The van der Waals surface area contributed by atoms with Gasteiger partial charge in [0.1, 0.15) is 0 Å². The highest BCUT2D eigenvalue weighted by Gasteiger charge is 2.38. The summed E-state index contributed by atoms with van der Waals surface area (Å²) < 4.78 is 9.89. The van der Waals surface area contributed by atoms with Gasteiger partial charge in [-0.25, -0.2) is 4.79 Å². The van der Waals surface area contributed by atoms with Crippen molar-refractivity contribution in [3.63, 3.8) is 0 Å². The number of ketones is 1. The quantitative estimate of drug-likeness (QED) is 0.619. The zero-order valence-corrected chi connectivity index (χ0v) is 11.7. The van der Waals surface area contributed by atoms with Crippen molar-refractivity contribution in [2.24, 2.45) is 11.3 Å². The number of esters is 1. The molecule has 1 aliphatic rings. The van der Waals surface area contributed by atoms with E-state index in [9.17, 15) is 9.59 Å². The van der Waals surface area contributed by atoms with Crippen molar-refractivity contribution >= 4 is 11.8 Å². The van der Waals surface area contributed by atoms with E-state index >= 15 is 0 Å². The molecule has 1 saturated carbocycles. The van der Waals surface area contributed by atoms with Crippen LogP contribution < -0.4 is 0 Å². The van der Waals surface area contributed by atoms with Gasteiger partial charge in [-0.15, -0.1) is 0 Å². The monoisotopic (exact) mass is 264 g/mol. The topological polar surface area (TPSA) is 56.5 Å². The van der Waals surface area contributed by atoms with Crippen LogP contribution in [0.25, 0.3) is 0 Å². The van der Waals surface area contributed by atoms with Crippen LogP contribution in [-0.2, 0) is 4.74 Å². The van der Waals surface area contributed by atoms with Gasteiger partial charge in [-0.05, 0) is 30.4 Å². The van der Waals surface area contributed by atoms with Crippen LogP contribution in [0.15, 0.2) is 16.5 Å². The molecule has 1 heterocycles. The number of hydrogen-bond acceptors (Lipinski definition) is 4. The van der Waals surface area contributed by atoms with E-state index < -0.39 is 5.97 Å². The molecule has 104 valence electrons. The van der Waals surface area contributed by atoms with Gasteiger partial charge in [-0.2, -0.15) is 0 Å². The van der Waals surface area contributed by atoms with E-state index in [2.05, 4.69) is 18.6 Å². The van der Waals surface area contributed by atoms with Gasteiger partial charge >= 0.3 is 5.97 Å². The van der Waals surface area contributed by atoms with Crippen molar-refractivity contribution in [2.75, 3.05) is 7.11 Å². The van der Waals surface area contributed by atoms with E-state index in [0.29, 0.717) is 0 Å². The molecule has 0 spiro atoms. The highest BCUT2D eigenvalue weighted by molar-refractivity contribution is 5.97. The van der Waals surface area contributed by atoms with Gasteiger partial charge < -0.3 is 9.15 Å². The van der Waals surface area contributed by atoms with Crippen LogP contribution in [0.3, 0.4) is 0 Å². The highest BCUT2D eigenvalue weighted by atomic mass is 16.5. The second kappa shape index (κ2) is 5.19. The molecule has 1 aromatic heterocycles. The lowest BCUT2D eigenvalue weighted by Crippen LogP contribution is -2.33. The SMILES string of the molecule is COC(=O)c1ccc(C(=O)C2CCCCC2(C)C)o1. The number of furan rings is 1. The average Bonchev–Trinajstić information content (AvgIpc) is 2.86. The van der Waals surface area contributed by atoms with E-state index in [0.717, 1.165) is 19.3 Å². The first-order valence-electron chi connectivity index (χ1n) is 6.68. The van der Waals surface area contributed by atoms with Gasteiger partial charge in [0.25, 0.3) is 0 Å². The van der Waals surface area contributed by atoms with Crippen LogP contribution in [0, 0.1) is 11.3 Å². The maximum Gasteiger partial charge on any atom is 0.373 e. The van der Waals surface area contributed by atoms with E-state index in [1.807, 2.05) is 0 Å². The number of carbonyl (C=O) groups excluding carboxylic acids is 2. The van der Waals surface area contributed by atoms with Crippen LogP contribution in [0.4, 0.5) is 0 Å². The first-order valence-corrected chi connectivity index (χ1v) is 6.68. The second-order valence-corrected chi connectivity index (χ2v) is 5.81. The maximum atomic E-state index is 12.5. The summed E-state index contributed by atoms with van der Waals surface area (Å²) >= 11 is 0. The van der Waals surface area contributed by atoms with Gasteiger partial charge in [0.15, 0.2) is 5.76 Å². The molecule has 0 aromatic carbocycles. The minimum absolute atomic E-state index is 0.000136. The molecule has 0 saturated heterocycles. The lowest BCUT2D eigenvalue weighted by Gasteiger charge is -2.37. The van der Waals surface area contributed by atoms with E-state index in [1.54, 1.807) is 6.07 Å². The number of Topliss-reactive ketones (excluding diaryl/α,β-unsaturated/α-hetero) is 1. The predicted molar refractivity (Wildman–Crippen MR) is 70.1 cm³/mol. The fourth-order valence-electron chi connectivity index (χ4n) is 2.83. The van der Waals surface area contributed by atoms with Gasteiger partial charge in [-0.1, -0.05) is 26.7 Å². The summed E-state index contributed by atoms with van der Waals surface area (Å²) in [6.07, 6.45) is 4.18. The third kappa shape index (κ3) is 2.72. The van der Waals surface area contributed by atoms with E-state index in [4.69, 9.17) is 4.42 Å². The van der Waals surface area contributed by atoms with Gasteiger partial charge in [0.05, 0.1) is 7.11 Å². The van der Waals surface area contributed by atoms with Crippen LogP contribution in [0.1, 0.15) is 60.6 Å². The smallest absolute Gasteiger partial charge is 0.373 e. The minimum atomic E-state index is -0.554. The Hall–Kier alpha value is -1.58. The summed E-state index contributed by atoms with van der Waals surface area (Å²) in [5.74, 6) is -0.237. The Bertz CT molecular complexity index is 484. The first-order chi connectivity index (χ1) is 8.95. The summed E-state index contributed by atoms with van der Waals surface area (Å²) in [5, 5.41) is 0. The molecule has 2 rings (SSSR count). The molecule has 4 nitrogen and oxygen atoms in total. The average molecular weight is 264 g/mol. The van der Waals surface area contributed by atoms with E-state index in [-0.39, 0.29) is 28.6 Å². The zero-order chi connectivity index (χ0) is 14.0. The third-order valence-corrected chi connectivity index (χ3v) is 4.06. The van der Waals surface area contributed by atoms with Crippen molar-refractivity contribution in [1.29, 1.82) is 0 Å². The standard InChI is InChI=1S/C15H20O4/c1-15(2)9-5-4-6-10(15)13(16)11-7-8-12(19-11)14(17)18-3/h7-8,10H,4-6,9H2,1-3H3. The Morgan fingerprint density at radius 3 is 2.58 bits per heavy atom. The molecule has 0 aliphatic heterocycles. The van der Waals surface area contributed by atoms with Gasteiger partial charge in [0, 0.05) is 5.92 Å². The maximum absolute atomic E-state index is 12.5. The predicted octanol–water partition coefficient (Wildman–Crippen LogP) is 3.47. The lowest BCUT2D eigenvalue weighted by atomic mass is 9.67. The van der Waals surface area contributed by atoms with E-state index in [1.165, 1.54) is 19.6 Å². The molecule has 1 unspecified atom stereocenters. The summed E-state index contributed by atoms with van der Waals surface area (Å²) in [6, 6.07) is 3.06. The largest absolute Gasteiger partial charge is 0.463 e. The molecule has 1 fully saturated rings. The molecule has 0 amide bonds. The van der Waals surface area contributed by atoms with Gasteiger partial charge in [-0.3, -0.25) is 4.79 Å². The van der Waals surface area contributed by atoms with Crippen LogP contribution in [0.2, 0.25) is 0 Å². The van der Waals surface area contributed by atoms with Crippen molar-refractivity contribution in [3.8, 4) is 0 Å². The summed E-state index contributed by atoms with van der Waals surface area (Å²) in [4.78, 5) is 23.8. The minimum Gasteiger partial charge on any atom is -0.463 e.